The highest BCUT2D eigenvalue weighted by Crippen LogP contribution is 2.50. The van der Waals surface area contributed by atoms with Crippen molar-refractivity contribution in [3.8, 4) is 0 Å². The zero-order chi connectivity index (χ0) is 21.6. The van der Waals surface area contributed by atoms with Crippen molar-refractivity contribution in [1.29, 1.82) is 0 Å². The standard InChI is InChI=1S/C25H23ClN2O2S/c1-16-6-4-7-17(14-16)25-20-9-5-8-19(20)21-15-18(12-13-23(21)27-25)31(29,30)28-24-11-3-2-10-22(24)26/h2-8,10-15,19-20,25,27-28H,9H2,1H3/t19-,20+,25+/m0/s1. The zero-order valence-electron chi connectivity index (χ0n) is 17.0. The Morgan fingerprint density at radius 1 is 1.03 bits per heavy atom. The van der Waals surface area contributed by atoms with E-state index in [9.17, 15) is 8.42 Å². The average molecular weight is 451 g/mol. The third-order valence-corrected chi connectivity index (χ3v) is 7.86. The van der Waals surface area contributed by atoms with Crippen LogP contribution in [0.1, 0.15) is 35.1 Å². The van der Waals surface area contributed by atoms with Gasteiger partial charge in [0.1, 0.15) is 0 Å². The van der Waals surface area contributed by atoms with E-state index in [1.807, 2.05) is 6.07 Å². The minimum Gasteiger partial charge on any atom is -0.378 e. The first kappa shape index (κ1) is 20.2. The SMILES string of the molecule is Cc1cccc([C@H]2Nc3ccc(S(=O)(=O)Nc4ccccc4Cl)cc3[C@H]3C=CC[C@H]32)c1. The predicted molar refractivity (Wildman–Crippen MR) is 126 cm³/mol. The highest BCUT2D eigenvalue weighted by molar-refractivity contribution is 7.92. The number of aryl methyl sites for hydroxylation is 1. The van der Waals surface area contributed by atoms with Gasteiger partial charge < -0.3 is 5.32 Å². The molecule has 3 aromatic carbocycles. The van der Waals surface area contributed by atoms with Crippen LogP contribution in [0.25, 0.3) is 0 Å². The summed E-state index contributed by atoms with van der Waals surface area (Å²) in [6.07, 6.45) is 5.38. The summed E-state index contributed by atoms with van der Waals surface area (Å²) >= 11 is 6.15. The van der Waals surface area contributed by atoms with Crippen molar-refractivity contribution in [3.05, 3.63) is 101 Å². The van der Waals surface area contributed by atoms with Crippen LogP contribution < -0.4 is 10.0 Å². The van der Waals surface area contributed by atoms with Crippen LogP contribution in [-0.4, -0.2) is 8.42 Å². The summed E-state index contributed by atoms with van der Waals surface area (Å²) in [5.74, 6) is 0.529. The van der Waals surface area contributed by atoms with Gasteiger partial charge in [-0.15, -0.1) is 0 Å². The zero-order valence-corrected chi connectivity index (χ0v) is 18.6. The van der Waals surface area contributed by atoms with Crippen molar-refractivity contribution < 1.29 is 8.42 Å². The lowest BCUT2D eigenvalue weighted by molar-refractivity contribution is 0.425. The minimum atomic E-state index is -3.76. The van der Waals surface area contributed by atoms with Gasteiger partial charge >= 0.3 is 0 Å². The molecule has 1 heterocycles. The molecule has 5 rings (SSSR count). The van der Waals surface area contributed by atoms with Crippen molar-refractivity contribution in [3.63, 3.8) is 0 Å². The molecule has 31 heavy (non-hydrogen) atoms. The van der Waals surface area contributed by atoms with E-state index in [2.05, 4.69) is 53.4 Å². The average Bonchev–Trinajstić information content (AvgIpc) is 3.24. The molecule has 0 unspecified atom stereocenters. The van der Waals surface area contributed by atoms with Gasteiger partial charge in [0.15, 0.2) is 0 Å². The van der Waals surface area contributed by atoms with Gasteiger partial charge in [0.2, 0.25) is 0 Å². The number of hydrogen-bond donors (Lipinski definition) is 2. The van der Waals surface area contributed by atoms with E-state index in [1.54, 1.807) is 36.4 Å². The van der Waals surface area contributed by atoms with Gasteiger partial charge in [0, 0.05) is 11.6 Å². The Morgan fingerprint density at radius 2 is 1.87 bits per heavy atom. The molecule has 0 aromatic heterocycles. The normalized spacial score (nSPS) is 21.8. The monoisotopic (exact) mass is 450 g/mol. The van der Waals surface area contributed by atoms with Crippen LogP contribution in [0.4, 0.5) is 11.4 Å². The molecule has 1 aliphatic heterocycles. The molecule has 4 nitrogen and oxygen atoms in total. The molecular weight excluding hydrogens is 428 g/mol. The smallest absolute Gasteiger partial charge is 0.261 e. The number of allylic oxidation sites excluding steroid dienone is 2. The molecule has 0 saturated carbocycles. The molecule has 2 N–H and O–H groups in total. The summed E-state index contributed by atoms with van der Waals surface area (Å²) < 4.78 is 28.7. The highest BCUT2D eigenvalue weighted by atomic mass is 35.5. The van der Waals surface area contributed by atoms with Crippen LogP contribution >= 0.6 is 11.6 Å². The second-order valence-corrected chi connectivity index (χ2v) is 10.3. The Balaban J connectivity index is 1.51. The van der Waals surface area contributed by atoms with Crippen LogP contribution in [0.3, 0.4) is 0 Å². The van der Waals surface area contributed by atoms with E-state index >= 15 is 0 Å². The lowest BCUT2D eigenvalue weighted by Gasteiger charge is -2.37. The molecular formula is C25H23ClN2O2S. The lowest BCUT2D eigenvalue weighted by atomic mass is 9.77. The molecule has 0 fully saturated rings. The first-order valence-electron chi connectivity index (χ1n) is 10.3. The van der Waals surface area contributed by atoms with Gasteiger partial charge in [-0.3, -0.25) is 4.72 Å². The number of fused-ring (bicyclic) bond motifs is 3. The molecule has 1 aliphatic carbocycles. The van der Waals surface area contributed by atoms with Crippen molar-refractivity contribution in [2.24, 2.45) is 5.92 Å². The number of benzene rings is 3. The van der Waals surface area contributed by atoms with Crippen LogP contribution in [0.5, 0.6) is 0 Å². The van der Waals surface area contributed by atoms with E-state index in [4.69, 9.17) is 11.6 Å². The minimum absolute atomic E-state index is 0.178. The number of hydrogen-bond acceptors (Lipinski definition) is 3. The number of sulfonamides is 1. The van der Waals surface area contributed by atoms with E-state index in [-0.39, 0.29) is 16.9 Å². The van der Waals surface area contributed by atoms with Gasteiger partial charge in [0.25, 0.3) is 10.0 Å². The Morgan fingerprint density at radius 3 is 2.68 bits per heavy atom. The van der Waals surface area contributed by atoms with E-state index in [1.165, 1.54) is 11.1 Å². The number of halogens is 1. The number of anilines is 2. The van der Waals surface area contributed by atoms with Crippen LogP contribution in [0.15, 0.2) is 83.8 Å². The van der Waals surface area contributed by atoms with E-state index in [0.717, 1.165) is 17.7 Å². The van der Waals surface area contributed by atoms with Crippen molar-refractivity contribution in [1.82, 2.24) is 0 Å². The summed E-state index contributed by atoms with van der Waals surface area (Å²) in [6.45, 7) is 2.10. The third-order valence-electron chi connectivity index (χ3n) is 6.16. The first-order chi connectivity index (χ1) is 14.9. The molecule has 0 amide bonds. The van der Waals surface area contributed by atoms with Gasteiger partial charge in [0.05, 0.1) is 21.6 Å². The van der Waals surface area contributed by atoms with Gasteiger partial charge in [-0.05, 0) is 60.7 Å². The van der Waals surface area contributed by atoms with Gasteiger partial charge in [-0.1, -0.05) is 65.7 Å². The summed E-state index contributed by atoms with van der Waals surface area (Å²) in [5, 5.41) is 4.04. The maximum atomic E-state index is 13.0. The topological polar surface area (TPSA) is 58.2 Å². The second kappa shape index (κ2) is 7.74. The summed E-state index contributed by atoms with van der Waals surface area (Å²) in [7, 11) is -3.76. The Kier molecular flexibility index (Phi) is 5.03. The largest absolute Gasteiger partial charge is 0.378 e. The summed E-state index contributed by atoms with van der Waals surface area (Å²) in [4.78, 5) is 0.237. The molecule has 0 bridgehead atoms. The van der Waals surface area contributed by atoms with Gasteiger partial charge in [-0.2, -0.15) is 0 Å². The molecule has 0 spiro atoms. The predicted octanol–water partition coefficient (Wildman–Crippen LogP) is 6.28. The van der Waals surface area contributed by atoms with E-state index < -0.39 is 10.0 Å². The fraction of sp³-hybridized carbons (Fsp3) is 0.200. The van der Waals surface area contributed by atoms with Crippen LogP contribution in [0.2, 0.25) is 5.02 Å². The van der Waals surface area contributed by atoms with Crippen LogP contribution in [-0.2, 0) is 10.0 Å². The fourth-order valence-electron chi connectivity index (χ4n) is 4.68. The van der Waals surface area contributed by atoms with Crippen molar-refractivity contribution in [2.45, 2.75) is 30.2 Å². The van der Waals surface area contributed by atoms with E-state index in [0.29, 0.717) is 16.6 Å². The third kappa shape index (κ3) is 3.73. The highest BCUT2D eigenvalue weighted by Gasteiger charge is 2.38. The number of nitrogens with one attached hydrogen (secondary N) is 2. The molecule has 6 heteroatoms. The van der Waals surface area contributed by atoms with Crippen molar-refractivity contribution >= 4 is 33.0 Å². The van der Waals surface area contributed by atoms with Gasteiger partial charge in [-0.25, -0.2) is 8.42 Å². The number of rotatable bonds is 4. The summed E-state index contributed by atoms with van der Waals surface area (Å²) in [6, 6.07) is 20.9. The molecule has 0 saturated heterocycles. The fourth-order valence-corrected chi connectivity index (χ4v) is 6.03. The van der Waals surface area contributed by atoms with Crippen LogP contribution in [0, 0.1) is 12.8 Å². The summed E-state index contributed by atoms with van der Waals surface area (Å²) in [5.41, 5.74) is 4.87. The lowest BCUT2D eigenvalue weighted by Crippen LogP contribution is -2.29. The first-order valence-corrected chi connectivity index (χ1v) is 12.2. The molecule has 0 radical (unpaired) electrons. The maximum Gasteiger partial charge on any atom is 0.261 e. The van der Waals surface area contributed by atoms with Crippen molar-refractivity contribution in [2.75, 3.05) is 10.0 Å². The Hall–Kier alpha value is -2.76. The maximum absolute atomic E-state index is 13.0. The molecule has 3 atom stereocenters. The Bertz CT molecular complexity index is 1290. The number of para-hydroxylation sites is 1. The second-order valence-electron chi connectivity index (χ2n) is 8.22. The Labute approximate surface area is 188 Å². The molecule has 158 valence electrons. The molecule has 2 aliphatic rings. The quantitative estimate of drug-likeness (QED) is 0.460. The molecule has 3 aromatic rings.